The van der Waals surface area contributed by atoms with Gasteiger partial charge < -0.3 is 14.5 Å². The third-order valence-corrected chi connectivity index (χ3v) is 5.90. The number of rotatable bonds is 3. The Balaban J connectivity index is 1.64. The maximum absolute atomic E-state index is 13.0. The van der Waals surface area contributed by atoms with Crippen molar-refractivity contribution in [3.63, 3.8) is 0 Å². The monoisotopic (exact) mass is 435 g/mol. The molecule has 1 amide bonds. The first-order chi connectivity index (χ1) is 15.3. The van der Waals surface area contributed by atoms with E-state index in [0.29, 0.717) is 41.8 Å². The van der Waals surface area contributed by atoms with Crippen molar-refractivity contribution in [2.75, 3.05) is 31.1 Å². The van der Waals surface area contributed by atoms with E-state index in [9.17, 15) is 9.59 Å². The highest BCUT2D eigenvalue weighted by Gasteiger charge is 2.26. The molecule has 0 unspecified atom stereocenters. The van der Waals surface area contributed by atoms with Crippen molar-refractivity contribution in [3.8, 4) is 5.75 Å². The molecule has 0 aromatic carbocycles. The van der Waals surface area contributed by atoms with Gasteiger partial charge in [-0.05, 0) is 44.2 Å². The van der Waals surface area contributed by atoms with Crippen LogP contribution in [0.5, 0.6) is 5.75 Å². The van der Waals surface area contributed by atoms with Crippen LogP contribution >= 0.6 is 0 Å². The first kappa shape index (κ1) is 21.8. The minimum absolute atomic E-state index is 0.0150. The zero-order chi connectivity index (χ0) is 22.8. The molecule has 8 nitrogen and oxygen atoms in total. The number of hydrogen-bond acceptors (Lipinski definition) is 6. The second-order valence-electron chi connectivity index (χ2n) is 8.62. The van der Waals surface area contributed by atoms with E-state index in [0.717, 1.165) is 38.0 Å². The molecule has 4 rings (SSSR count). The molecule has 8 heteroatoms. The summed E-state index contributed by atoms with van der Waals surface area (Å²) >= 11 is 0. The maximum Gasteiger partial charge on any atom is 0.258 e. The van der Waals surface area contributed by atoms with Crippen LogP contribution in [-0.2, 0) is 0 Å². The van der Waals surface area contributed by atoms with Gasteiger partial charge in [0.15, 0.2) is 11.6 Å². The van der Waals surface area contributed by atoms with Crippen molar-refractivity contribution >= 4 is 23.3 Å². The second kappa shape index (κ2) is 8.98. The highest BCUT2D eigenvalue weighted by Crippen LogP contribution is 2.34. The summed E-state index contributed by atoms with van der Waals surface area (Å²) in [5.41, 5.74) is 1.70. The van der Waals surface area contributed by atoms with E-state index in [1.54, 1.807) is 37.5 Å². The molecule has 2 aliphatic rings. The van der Waals surface area contributed by atoms with Gasteiger partial charge in [-0.15, -0.1) is 0 Å². The van der Waals surface area contributed by atoms with E-state index in [1.807, 2.05) is 9.80 Å². The fourth-order valence-corrected chi connectivity index (χ4v) is 4.22. The molecule has 1 saturated heterocycles. The minimum Gasteiger partial charge on any atom is -0.490 e. The van der Waals surface area contributed by atoms with Crippen LogP contribution in [0.4, 0.5) is 11.5 Å². The molecule has 2 aliphatic heterocycles. The Morgan fingerprint density at radius 1 is 1.25 bits per heavy atom. The number of allylic oxidation sites excluding steroid dienone is 1. The number of pyridine rings is 2. The van der Waals surface area contributed by atoms with Crippen molar-refractivity contribution in [2.24, 2.45) is 5.92 Å². The predicted molar refractivity (Wildman–Crippen MR) is 121 cm³/mol. The number of nitrogens with zero attached hydrogens (tertiary/aromatic N) is 4. The van der Waals surface area contributed by atoms with Gasteiger partial charge in [0.05, 0.1) is 12.2 Å². The number of carbonyl (C=O) groups is 2. The van der Waals surface area contributed by atoms with Crippen LogP contribution in [0.1, 0.15) is 48.3 Å². The Kier molecular flexibility index (Phi) is 6.12. The Bertz CT molecular complexity index is 1120. The maximum atomic E-state index is 13.0. The summed E-state index contributed by atoms with van der Waals surface area (Å²) in [6.07, 6.45) is 6.12. The lowest BCUT2D eigenvalue weighted by Gasteiger charge is -2.31. The van der Waals surface area contributed by atoms with Crippen molar-refractivity contribution < 1.29 is 14.3 Å². The number of likely N-dealkylation sites (tertiary alicyclic amines) is 1. The van der Waals surface area contributed by atoms with Crippen LogP contribution in [-0.4, -0.2) is 52.5 Å². The lowest BCUT2D eigenvalue weighted by molar-refractivity contribution is 0.0682. The number of anilines is 2. The van der Waals surface area contributed by atoms with Crippen LogP contribution in [0, 0.1) is 11.3 Å². The van der Waals surface area contributed by atoms with E-state index in [1.165, 1.54) is 4.57 Å². The van der Waals surface area contributed by atoms with Crippen LogP contribution in [0.3, 0.4) is 0 Å². The molecule has 0 saturated carbocycles. The number of ether oxygens (including phenoxy) is 1. The first-order valence-corrected chi connectivity index (χ1v) is 11.0. The Morgan fingerprint density at radius 2 is 2.06 bits per heavy atom. The van der Waals surface area contributed by atoms with Crippen molar-refractivity contribution in [1.29, 1.82) is 5.41 Å². The molecule has 4 heterocycles. The van der Waals surface area contributed by atoms with E-state index in [2.05, 4.69) is 18.5 Å². The van der Waals surface area contributed by atoms with Gasteiger partial charge in [0, 0.05) is 49.4 Å². The number of fused-ring (bicyclic) bond motifs is 1. The van der Waals surface area contributed by atoms with Gasteiger partial charge >= 0.3 is 0 Å². The highest BCUT2D eigenvalue weighted by atomic mass is 16.5. The largest absolute Gasteiger partial charge is 0.490 e. The first-order valence-electron chi connectivity index (χ1n) is 11.0. The van der Waals surface area contributed by atoms with Gasteiger partial charge in [0.25, 0.3) is 11.8 Å². The van der Waals surface area contributed by atoms with Gasteiger partial charge in [0.1, 0.15) is 5.49 Å². The van der Waals surface area contributed by atoms with Crippen molar-refractivity contribution in [1.82, 2.24) is 14.5 Å². The molecule has 2 aromatic rings. The zero-order valence-electron chi connectivity index (χ0n) is 18.6. The molecule has 0 aliphatic carbocycles. The van der Waals surface area contributed by atoms with Gasteiger partial charge in [0.2, 0.25) is 0 Å². The van der Waals surface area contributed by atoms with Crippen LogP contribution in [0.15, 0.2) is 42.7 Å². The summed E-state index contributed by atoms with van der Waals surface area (Å²) in [6.45, 7) is 10.2. The summed E-state index contributed by atoms with van der Waals surface area (Å²) in [5.74, 6) is 1.34. The normalized spacial score (nSPS) is 18.4. The molecule has 1 fully saturated rings. The molecule has 0 spiro atoms. The lowest BCUT2D eigenvalue weighted by atomic mass is 10.00. The summed E-state index contributed by atoms with van der Waals surface area (Å²) in [6, 6.07) is 5.19. The second-order valence-corrected chi connectivity index (χ2v) is 8.62. The SMILES string of the molecule is C=C(C)C(=O)n1ccc(N2CCCOc3cc(C(=O)N4CCC[C@@H](C)C4)cnc32)cc1=N. The molecule has 1 N–H and O–H groups in total. The molecule has 0 bridgehead atoms. The topological polar surface area (TPSA) is 91.5 Å². The van der Waals surface area contributed by atoms with E-state index < -0.39 is 0 Å². The summed E-state index contributed by atoms with van der Waals surface area (Å²) in [5, 5.41) is 8.29. The Hall–Kier alpha value is -3.42. The number of aromatic nitrogens is 2. The number of hydrogen-bond donors (Lipinski definition) is 1. The summed E-state index contributed by atoms with van der Waals surface area (Å²) in [4.78, 5) is 33.7. The fourth-order valence-electron chi connectivity index (χ4n) is 4.22. The summed E-state index contributed by atoms with van der Waals surface area (Å²) in [7, 11) is 0. The van der Waals surface area contributed by atoms with Crippen LogP contribution in [0.25, 0.3) is 0 Å². The smallest absolute Gasteiger partial charge is 0.258 e. The average Bonchev–Trinajstić information content (AvgIpc) is 3.00. The highest BCUT2D eigenvalue weighted by molar-refractivity contribution is 5.95. The van der Waals surface area contributed by atoms with Crippen LogP contribution < -0.4 is 15.1 Å². The lowest BCUT2D eigenvalue weighted by Crippen LogP contribution is -2.39. The number of carbonyl (C=O) groups excluding carboxylic acids is 2. The van der Waals surface area contributed by atoms with Gasteiger partial charge in [-0.1, -0.05) is 13.5 Å². The average molecular weight is 436 g/mol. The third kappa shape index (κ3) is 4.30. The fraction of sp³-hybridized carbons (Fsp3) is 0.417. The van der Waals surface area contributed by atoms with Crippen molar-refractivity contribution in [3.05, 3.63) is 53.8 Å². The Labute approximate surface area is 187 Å². The van der Waals surface area contributed by atoms with E-state index in [4.69, 9.17) is 10.1 Å². The molecule has 32 heavy (non-hydrogen) atoms. The third-order valence-electron chi connectivity index (χ3n) is 5.90. The molecule has 2 aromatic heterocycles. The summed E-state index contributed by atoms with van der Waals surface area (Å²) < 4.78 is 7.19. The van der Waals surface area contributed by atoms with E-state index >= 15 is 0 Å². The van der Waals surface area contributed by atoms with Crippen LogP contribution in [0.2, 0.25) is 0 Å². The molecular weight excluding hydrogens is 406 g/mol. The van der Waals surface area contributed by atoms with Gasteiger partial charge in [-0.25, -0.2) is 4.98 Å². The molecular formula is C24H29N5O3. The molecule has 0 radical (unpaired) electrons. The number of amides is 1. The Morgan fingerprint density at radius 3 is 2.78 bits per heavy atom. The zero-order valence-corrected chi connectivity index (χ0v) is 18.6. The molecule has 1 atom stereocenters. The minimum atomic E-state index is -0.311. The molecule has 168 valence electrons. The van der Waals surface area contributed by atoms with Gasteiger partial charge in [-0.3, -0.25) is 19.6 Å². The standard InChI is InChI=1S/C24H29N5O3/c1-16(2)23(30)29-10-7-19(13-21(29)25)28-9-5-11-32-20-12-18(14-26-22(20)28)24(31)27-8-4-6-17(3)15-27/h7,10,12-14,17,25H,1,4-6,8-9,11,15H2,2-3H3/t17-/m1/s1. The number of nitrogens with one attached hydrogen (secondary N) is 1. The van der Waals surface area contributed by atoms with Crippen molar-refractivity contribution in [2.45, 2.75) is 33.1 Å². The predicted octanol–water partition coefficient (Wildman–Crippen LogP) is 3.37. The quantitative estimate of drug-likeness (QED) is 0.747. The number of piperidine rings is 1. The van der Waals surface area contributed by atoms with Gasteiger partial charge in [-0.2, -0.15) is 0 Å². The van der Waals surface area contributed by atoms with E-state index in [-0.39, 0.29) is 17.3 Å².